The number of esters is 1. The molecule has 0 radical (unpaired) electrons. The van der Waals surface area contributed by atoms with Crippen molar-refractivity contribution in [1.29, 1.82) is 0 Å². The number of benzene rings is 2. The van der Waals surface area contributed by atoms with Crippen LogP contribution in [0.1, 0.15) is 13.3 Å². The Hall–Kier alpha value is -4.31. The Balaban J connectivity index is 1.60. The van der Waals surface area contributed by atoms with Gasteiger partial charge in [-0.05, 0) is 30.7 Å². The van der Waals surface area contributed by atoms with Gasteiger partial charge in [0.2, 0.25) is 0 Å². The summed E-state index contributed by atoms with van der Waals surface area (Å²) in [6, 6.07) is 17.3. The zero-order valence-corrected chi connectivity index (χ0v) is 19.4. The Labute approximate surface area is 202 Å². The van der Waals surface area contributed by atoms with E-state index in [0.29, 0.717) is 29.1 Å². The lowest BCUT2D eigenvalue weighted by Gasteiger charge is -2.24. The van der Waals surface area contributed by atoms with E-state index in [1.807, 2.05) is 54.6 Å². The molecule has 4 aromatic rings. The van der Waals surface area contributed by atoms with Crippen LogP contribution in [0.4, 0.5) is 17.2 Å². The number of nitrogens with two attached hydrogens (primary N) is 1. The van der Waals surface area contributed by atoms with Gasteiger partial charge in [-0.1, -0.05) is 37.3 Å². The molecule has 0 saturated carbocycles. The molecule has 0 aliphatic rings. The Kier molecular flexibility index (Phi) is 7.63. The third-order valence-electron chi connectivity index (χ3n) is 5.33. The molecule has 0 aliphatic heterocycles. The van der Waals surface area contributed by atoms with Gasteiger partial charge in [0.15, 0.2) is 5.82 Å². The van der Waals surface area contributed by atoms with Crippen LogP contribution in [-0.2, 0) is 9.53 Å². The molecule has 0 saturated heterocycles. The van der Waals surface area contributed by atoms with E-state index in [4.69, 9.17) is 10.5 Å². The topological polar surface area (TPSA) is 139 Å². The second-order valence-corrected chi connectivity index (χ2v) is 7.80. The van der Waals surface area contributed by atoms with E-state index in [-0.39, 0.29) is 18.7 Å². The van der Waals surface area contributed by atoms with Crippen LogP contribution < -0.4 is 21.5 Å². The highest BCUT2D eigenvalue weighted by Crippen LogP contribution is 2.26. The fourth-order valence-electron chi connectivity index (χ4n) is 3.67. The van der Waals surface area contributed by atoms with E-state index in [1.165, 1.54) is 6.20 Å². The van der Waals surface area contributed by atoms with Crippen LogP contribution in [0.15, 0.2) is 65.6 Å². The molecule has 0 amide bonds. The summed E-state index contributed by atoms with van der Waals surface area (Å²) in [4.78, 5) is 35.2. The van der Waals surface area contributed by atoms with Crippen LogP contribution in [0.25, 0.3) is 22.3 Å². The third kappa shape index (κ3) is 5.79. The molecule has 0 aliphatic carbocycles. The largest absolute Gasteiger partial charge is 0.463 e. The number of carbonyl (C=O) groups is 1. The van der Waals surface area contributed by atoms with Gasteiger partial charge in [0.1, 0.15) is 23.3 Å². The van der Waals surface area contributed by atoms with Crippen molar-refractivity contribution in [1.82, 2.24) is 20.2 Å². The molecule has 35 heavy (non-hydrogen) atoms. The van der Waals surface area contributed by atoms with Crippen molar-refractivity contribution in [3.63, 3.8) is 0 Å². The molecule has 180 valence electrons. The van der Waals surface area contributed by atoms with Gasteiger partial charge in [0.05, 0.1) is 19.3 Å². The minimum Gasteiger partial charge on any atom is -0.463 e. The second kappa shape index (κ2) is 11.2. The molecule has 10 heteroatoms. The summed E-state index contributed by atoms with van der Waals surface area (Å²) in [7, 11) is 0. The zero-order chi connectivity index (χ0) is 24.6. The SMILES string of the molecule is CCCN(CCOC(=O)CN)c1ccc(Nc2nc(-c3ccccc3)nc3cn[nH]c(=O)c23)cc1. The fourth-order valence-corrected chi connectivity index (χ4v) is 3.67. The molecule has 0 fully saturated rings. The molecule has 0 atom stereocenters. The van der Waals surface area contributed by atoms with E-state index in [9.17, 15) is 9.59 Å². The number of carbonyl (C=O) groups excluding carboxylic acids is 1. The highest BCUT2D eigenvalue weighted by Gasteiger charge is 2.14. The minimum atomic E-state index is -0.418. The second-order valence-electron chi connectivity index (χ2n) is 7.80. The highest BCUT2D eigenvalue weighted by atomic mass is 16.5. The van der Waals surface area contributed by atoms with E-state index >= 15 is 0 Å². The maximum Gasteiger partial charge on any atom is 0.319 e. The zero-order valence-electron chi connectivity index (χ0n) is 19.4. The average Bonchev–Trinajstić information content (AvgIpc) is 2.89. The molecule has 2 aromatic carbocycles. The first-order valence-corrected chi connectivity index (χ1v) is 11.4. The summed E-state index contributed by atoms with van der Waals surface area (Å²) in [6.45, 7) is 3.60. The number of rotatable bonds is 10. The van der Waals surface area contributed by atoms with Crippen molar-refractivity contribution < 1.29 is 9.53 Å². The van der Waals surface area contributed by atoms with Gasteiger partial charge >= 0.3 is 5.97 Å². The number of aromatic amines is 1. The highest BCUT2D eigenvalue weighted by molar-refractivity contribution is 5.91. The molecular formula is C25H27N7O3. The quantitative estimate of drug-likeness (QED) is 0.297. The average molecular weight is 474 g/mol. The van der Waals surface area contributed by atoms with Crippen molar-refractivity contribution in [3.05, 3.63) is 71.1 Å². The molecule has 2 aromatic heterocycles. The number of fused-ring (bicyclic) bond motifs is 1. The maximum atomic E-state index is 12.5. The maximum absolute atomic E-state index is 12.5. The summed E-state index contributed by atoms with van der Waals surface area (Å²) < 4.78 is 5.12. The van der Waals surface area contributed by atoms with E-state index < -0.39 is 5.97 Å². The smallest absolute Gasteiger partial charge is 0.319 e. The molecule has 10 nitrogen and oxygen atoms in total. The molecule has 0 spiro atoms. The standard InChI is InChI=1S/C25H27N7O3/c1-2-12-32(13-14-35-21(33)15-26)19-10-8-18(9-11-19)28-24-22-20(16-27-31-25(22)34)29-23(30-24)17-6-4-3-5-7-17/h3-11,16H,2,12-15,26H2,1H3,(H,31,34)(H,28,29,30). The molecule has 4 rings (SSSR count). The summed E-state index contributed by atoms with van der Waals surface area (Å²) in [5, 5.41) is 9.93. The van der Waals surface area contributed by atoms with Gasteiger partial charge in [-0.3, -0.25) is 9.59 Å². The van der Waals surface area contributed by atoms with E-state index in [0.717, 1.165) is 29.9 Å². The number of hydrogen-bond acceptors (Lipinski definition) is 9. The summed E-state index contributed by atoms with van der Waals surface area (Å²) in [5.41, 5.74) is 7.95. The van der Waals surface area contributed by atoms with Crippen molar-refractivity contribution >= 4 is 34.1 Å². The van der Waals surface area contributed by atoms with Gasteiger partial charge in [0, 0.05) is 23.5 Å². The van der Waals surface area contributed by atoms with Gasteiger partial charge < -0.3 is 20.7 Å². The summed E-state index contributed by atoms with van der Waals surface area (Å²) in [6.07, 6.45) is 2.45. The number of aromatic nitrogens is 4. The Morgan fingerprint density at radius 1 is 1.09 bits per heavy atom. The monoisotopic (exact) mass is 473 g/mol. The Morgan fingerprint density at radius 2 is 1.86 bits per heavy atom. The van der Waals surface area contributed by atoms with Crippen molar-refractivity contribution in [2.45, 2.75) is 13.3 Å². The summed E-state index contributed by atoms with van der Waals surface area (Å²) in [5.74, 6) is 0.466. The van der Waals surface area contributed by atoms with Crippen LogP contribution in [-0.4, -0.2) is 52.4 Å². The van der Waals surface area contributed by atoms with Crippen LogP contribution in [0.2, 0.25) is 0 Å². The lowest BCUT2D eigenvalue weighted by Crippen LogP contribution is -2.30. The van der Waals surface area contributed by atoms with Crippen LogP contribution in [0, 0.1) is 0 Å². The molecule has 4 N–H and O–H groups in total. The van der Waals surface area contributed by atoms with E-state index in [1.54, 1.807) is 0 Å². The number of nitrogens with one attached hydrogen (secondary N) is 2. The normalized spacial score (nSPS) is 10.8. The predicted molar refractivity (Wildman–Crippen MR) is 136 cm³/mol. The van der Waals surface area contributed by atoms with Crippen molar-refractivity contribution in [3.8, 4) is 11.4 Å². The van der Waals surface area contributed by atoms with Gasteiger partial charge in [-0.25, -0.2) is 15.1 Å². The molecule has 2 heterocycles. The fraction of sp³-hybridized carbons (Fsp3) is 0.240. The summed E-state index contributed by atoms with van der Waals surface area (Å²) >= 11 is 0. The molecule has 0 unspecified atom stereocenters. The number of anilines is 3. The van der Waals surface area contributed by atoms with Crippen LogP contribution in [0.3, 0.4) is 0 Å². The van der Waals surface area contributed by atoms with Crippen LogP contribution >= 0.6 is 0 Å². The first-order valence-electron chi connectivity index (χ1n) is 11.4. The lowest BCUT2D eigenvalue weighted by atomic mass is 10.2. The first-order chi connectivity index (χ1) is 17.1. The lowest BCUT2D eigenvalue weighted by molar-refractivity contribution is -0.141. The number of hydrogen-bond donors (Lipinski definition) is 3. The number of H-pyrrole nitrogens is 1. The Bertz CT molecular complexity index is 1340. The van der Waals surface area contributed by atoms with E-state index in [2.05, 4.69) is 37.3 Å². The van der Waals surface area contributed by atoms with Crippen molar-refractivity contribution in [2.75, 3.05) is 36.5 Å². The molecular weight excluding hydrogens is 446 g/mol. The Morgan fingerprint density at radius 3 is 2.57 bits per heavy atom. The third-order valence-corrected chi connectivity index (χ3v) is 5.33. The predicted octanol–water partition coefficient (Wildman–Crippen LogP) is 2.84. The first kappa shape index (κ1) is 23.8. The molecule has 0 bridgehead atoms. The number of nitrogens with zero attached hydrogens (tertiary/aromatic N) is 4. The van der Waals surface area contributed by atoms with Crippen molar-refractivity contribution in [2.24, 2.45) is 5.73 Å². The van der Waals surface area contributed by atoms with Gasteiger partial charge in [-0.15, -0.1) is 0 Å². The minimum absolute atomic E-state index is 0.128. The van der Waals surface area contributed by atoms with Gasteiger partial charge in [-0.2, -0.15) is 5.10 Å². The number of ether oxygens (including phenoxy) is 1. The van der Waals surface area contributed by atoms with Crippen LogP contribution in [0.5, 0.6) is 0 Å². The van der Waals surface area contributed by atoms with Gasteiger partial charge in [0.25, 0.3) is 5.56 Å².